The van der Waals surface area contributed by atoms with Gasteiger partial charge < -0.3 is 15.0 Å². The average Bonchev–Trinajstić information content (AvgIpc) is 2.30. The highest BCUT2D eigenvalue weighted by Crippen LogP contribution is 1.99. The fourth-order valence-corrected chi connectivity index (χ4v) is 1.86. The number of nitrogens with zero attached hydrogens (tertiary/aromatic N) is 1. The minimum Gasteiger partial charge on any atom is -0.377 e. The highest BCUT2D eigenvalue weighted by Gasteiger charge is 2.03. The Labute approximate surface area is 108 Å². The third-order valence-corrected chi connectivity index (χ3v) is 3.05. The van der Waals surface area contributed by atoms with Gasteiger partial charge in [0, 0.05) is 12.6 Å². The Balaban J connectivity index is 3.36. The molecule has 104 valence electrons. The largest absolute Gasteiger partial charge is 0.377 e. The van der Waals surface area contributed by atoms with Crippen molar-refractivity contribution in [3.05, 3.63) is 0 Å². The van der Waals surface area contributed by atoms with Crippen LogP contribution in [0, 0.1) is 0 Å². The molecule has 0 heterocycles. The maximum absolute atomic E-state index is 5.50. The van der Waals surface area contributed by atoms with Crippen LogP contribution >= 0.6 is 0 Å². The molecule has 3 heteroatoms. The van der Waals surface area contributed by atoms with Crippen LogP contribution in [0.1, 0.15) is 47.5 Å². The van der Waals surface area contributed by atoms with Crippen molar-refractivity contribution in [3.63, 3.8) is 0 Å². The molecule has 0 aromatic rings. The summed E-state index contributed by atoms with van der Waals surface area (Å²) in [5.41, 5.74) is 0. The van der Waals surface area contributed by atoms with Crippen molar-refractivity contribution in [2.75, 3.05) is 32.8 Å². The van der Waals surface area contributed by atoms with Gasteiger partial charge in [-0.25, -0.2) is 0 Å². The lowest BCUT2D eigenvalue weighted by Crippen LogP contribution is -2.31. The average molecular weight is 244 g/mol. The summed E-state index contributed by atoms with van der Waals surface area (Å²) < 4.78 is 5.50. The van der Waals surface area contributed by atoms with E-state index in [2.05, 4.69) is 44.8 Å². The van der Waals surface area contributed by atoms with Crippen molar-refractivity contribution in [2.45, 2.75) is 59.6 Å². The second-order valence-corrected chi connectivity index (χ2v) is 4.94. The normalized spacial score (nSPS) is 13.6. The summed E-state index contributed by atoms with van der Waals surface area (Å²) in [5.74, 6) is 0. The van der Waals surface area contributed by atoms with E-state index in [1.165, 1.54) is 32.5 Å². The van der Waals surface area contributed by atoms with Crippen molar-refractivity contribution in [1.29, 1.82) is 0 Å². The molecule has 0 aliphatic rings. The second kappa shape index (κ2) is 11.0. The van der Waals surface area contributed by atoms with Gasteiger partial charge in [-0.1, -0.05) is 13.8 Å². The molecule has 0 bridgehead atoms. The molecule has 0 aromatic heterocycles. The molecule has 0 spiro atoms. The smallest absolute Gasteiger partial charge is 0.0594 e. The summed E-state index contributed by atoms with van der Waals surface area (Å²) in [7, 11) is 0. The molecule has 0 saturated carbocycles. The summed E-state index contributed by atoms with van der Waals surface area (Å²) in [6.45, 7) is 16.2. The van der Waals surface area contributed by atoms with Gasteiger partial charge in [0.25, 0.3) is 0 Å². The van der Waals surface area contributed by atoms with E-state index in [9.17, 15) is 0 Å². The molecule has 1 unspecified atom stereocenters. The van der Waals surface area contributed by atoms with E-state index in [1.54, 1.807) is 0 Å². The maximum Gasteiger partial charge on any atom is 0.0594 e. The van der Waals surface area contributed by atoms with Crippen LogP contribution in [-0.2, 0) is 4.74 Å². The predicted octanol–water partition coefficient (Wildman–Crippen LogP) is 2.51. The number of ether oxygens (including phenoxy) is 1. The molecule has 0 radical (unpaired) electrons. The molecule has 1 N–H and O–H groups in total. The lowest BCUT2D eigenvalue weighted by atomic mass is 10.2. The summed E-state index contributed by atoms with van der Waals surface area (Å²) >= 11 is 0. The summed E-state index contributed by atoms with van der Waals surface area (Å²) in [6, 6.07) is 0.598. The van der Waals surface area contributed by atoms with E-state index in [0.717, 1.165) is 13.2 Å². The zero-order chi connectivity index (χ0) is 13.1. The van der Waals surface area contributed by atoms with Crippen molar-refractivity contribution < 1.29 is 4.74 Å². The molecular formula is C14H32N2O. The van der Waals surface area contributed by atoms with Gasteiger partial charge in [-0.15, -0.1) is 0 Å². The van der Waals surface area contributed by atoms with Crippen LogP contribution in [0.25, 0.3) is 0 Å². The Hall–Kier alpha value is -0.120. The Morgan fingerprint density at radius 3 is 2.29 bits per heavy atom. The first-order chi connectivity index (χ1) is 8.10. The Kier molecular flexibility index (Phi) is 10.9. The van der Waals surface area contributed by atoms with Gasteiger partial charge in [0.05, 0.1) is 12.7 Å². The van der Waals surface area contributed by atoms with E-state index >= 15 is 0 Å². The topological polar surface area (TPSA) is 24.5 Å². The van der Waals surface area contributed by atoms with Gasteiger partial charge in [0.1, 0.15) is 0 Å². The predicted molar refractivity (Wildman–Crippen MR) is 75.6 cm³/mol. The third kappa shape index (κ3) is 10.7. The van der Waals surface area contributed by atoms with Gasteiger partial charge in [-0.3, -0.25) is 0 Å². The van der Waals surface area contributed by atoms with E-state index in [4.69, 9.17) is 4.74 Å². The highest BCUT2D eigenvalue weighted by atomic mass is 16.5. The SMILES string of the molecule is CCN(CC)CCCC(C)NCCOC(C)C. The number of nitrogens with one attached hydrogen (secondary N) is 1. The molecule has 0 aromatic carbocycles. The summed E-state index contributed by atoms with van der Waals surface area (Å²) in [4.78, 5) is 2.48. The number of rotatable bonds is 11. The van der Waals surface area contributed by atoms with Crippen LogP contribution in [0.15, 0.2) is 0 Å². The molecule has 0 saturated heterocycles. The molecule has 0 amide bonds. The fourth-order valence-electron chi connectivity index (χ4n) is 1.86. The molecule has 3 nitrogen and oxygen atoms in total. The van der Waals surface area contributed by atoms with E-state index in [0.29, 0.717) is 12.1 Å². The lowest BCUT2D eigenvalue weighted by Gasteiger charge is -2.20. The van der Waals surface area contributed by atoms with Gasteiger partial charge in [-0.05, 0) is 53.2 Å². The van der Waals surface area contributed by atoms with Crippen molar-refractivity contribution in [3.8, 4) is 0 Å². The van der Waals surface area contributed by atoms with E-state index in [-0.39, 0.29) is 0 Å². The first kappa shape index (κ1) is 16.9. The fraction of sp³-hybridized carbons (Fsp3) is 1.00. The van der Waals surface area contributed by atoms with Gasteiger partial charge in [-0.2, -0.15) is 0 Å². The molecule has 0 fully saturated rings. The van der Waals surface area contributed by atoms with E-state index < -0.39 is 0 Å². The van der Waals surface area contributed by atoms with Crippen molar-refractivity contribution in [2.24, 2.45) is 0 Å². The maximum atomic E-state index is 5.50. The van der Waals surface area contributed by atoms with Crippen LogP contribution in [0.5, 0.6) is 0 Å². The molecule has 0 aliphatic carbocycles. The molecule has 1 atom stereocenters. The van der Waals surface area contributed by atoms with Gasteiger partial charge in [0.15, 0.2) is 0 Å². The zero-order valence-corrected chi connectivity index (χ0v) is 12.5. The zero-order valence-electron chi connectivity index (χ0n) is 12.5. The number of hydrogen-bond donors (Lipinski definition) is 1. The minimum absolute atomic E-state index is 0.342. The molecule has 0 aliphatic heterocycles. The van der Waals surface area contributed by atoms with Crippen LogP contribution in [-0.4, -0.2) is 49.8 Å². The lowest BCUT2D eigenvalue weighted by molar-refractivity contribution is 0.0794. The second-order valence-electron chi connectivity index (χ2n) is 4.94. The number of hydrogen-bond acceptors (Lipinski definition) is 3. The first-order valence-electron chi connectivity index (χ1n) is 7.17. The van der Waals surface area contributed by atoms with Crippen LogP contribution in [0.3, 0.4) is 0 Å². The Morgan fingerprint density at radius 2 is 1.76 bits per heavy atom. The van der Waals surface area contributed by atoms with Crippen LogP contribution in [0.2, 0.25) is 0 Å². The summed E-state index contributed by atoms with van der Waals surface area (Å²) in [5, 5.41) is 3.50. The standard InChI is InChI=1S/C14H32N2O/c1-6-16(7-2)11-8-9-14(5)15-10-12-17-13(3)4/h13-15H,6-12H2,1-5H3. The highest BCUT2D eigenvalue weighted by molar-refractivity contribution is 4.62. The van der Waals surface area contributed by atoms with Crippen molar-refractivity contribution >= 4 is 0 Å². The molecule has 17 heavy (non-hydrogen) atoms. The first-order valence-corrected chi connectivity index (χ1v) is 7.17. The summed E-state index contributed by atoms with van der Waals surface area (Å²) in [6.07, 6.45) is 2.87. The van der Waals surface area contributed by atoms with Gasteiger partial charge >= 0.3 is 0 Å². The van der Waals surface area contributed by atoms with Gasteiger partial charge in [0.2, 0.25) is 0 Å². The van der Waals surface area contributed by atoms with Crippen molar-refractivity contribution in [1.82, 2.24) is 10.2 Å². The minimum atomic E-state index is 0.342. The van der Waals surface area contributed by atoms with Crippen LogP contribution in [0.4, 0.5) is 0 Å². The monoisotopic (exact) mass is 244 g/mol. The Bertz CT molecular complexity index is 158. The third-order valence-electron chi connectivity index (χ3n) is 3.05. The quantitative estimate of drug-likeness (QED) is 0.565. The van der Waals surface area contributed by atoms with Crippen LogP contribution < -0.4 is 5.32 Å². The molecule has 0 rings (SSSR count). The Morgan fingerprint density at radius 1 is 1.12 bits per heavy atom. The van der Waals surface area contributed by atoms with E-state index in [1.807, 2.05) is 0 Å². The molecular weight excluding hydrogens is 212 g/mol.